The summed E-state index contributed by atoms with van der Waals surface area (Å²) < 4.78 is 8.12. The van der Waals surface area contributed by atoms with E-state index >= 15 is 0 Å². The van der Waals surface area contributed by atoms with Crippen LogP contribution in [0.4, 0.5) is 0 Å². The van der Waals surface area contributed by atoms with Crippen LogP contribution in [-0.4, -0.2) is 27.2 Å². The van der Waals surface area contributed by atoms with Crippen LogP contribution in [0.3, 0.4) is 0 Å². The molecule has 0 radical (unpaired) electrons. The van der Waals surface area contributed by atoms with E-state index in [2.05, 4.69) is 24.2 Å². The van der Waals surface area contributed by atoms with Gasteiger partial charge in [0.05, 0.1) is 23.5 Å². The molecule has 2 rings (SSSR count). The largest absolute Gasteiger partial charge is 0.373 e. The number of nitrogens with zero attached hydrogens (tertiary/aromatic N) is 3. The molecule has 2 N–H and O–H groups in total. The van der Waals surface area contributed by atoms with Gasteiger partial charge in [0.15, 0.2) is 0 Å². The van der Waals surface area contributed by atoms with Gasteiger partial charge < -0.3 is 10.5 Å². The van der Waals surface area contributed by atoms with Crippen molar-refractivity contribution in [1.82, 2.24) is 15.0 Å². The standard InChI is InChI=1S/C15H28N4O/c1-3-11-19-13(12-17-18-19)14(16)15(20-4-2)9-7-5-6-8-10-15/h12,14H,3-11,16H2,1-2H3. The Morgan fingerprint density at radius 3 is 2.60 bits per heavy atom. The molecule has 1 aliphatic rings. The van der Waals surface area contributed by atoms with Gasteiger partial charge in [0.2, 0.25) is 0 Å². The molecule has 5 heteroatoms. The van der Waals surface area contributed by atoms with Crippen LogP contribution in [0, 0.1) is 0 Å². The van der Waals surface area contributed by atoms with Gasteiger partial charge >= 0.3 is 0 Å². The van der Waals surface area contributed by atoms with Crippen molar-refractivity contribution in [2.75, 3.05) is 6.61 Å². The fraction of sp³-hybridized carbons (Fsp3) is 0.867. The highest BCUT2D eigenvalue weighted by molar-refractivity contribution is 5.10. The van der Waals surface area contributed by atoms with E-state index in [-0.39, 0.29) is 11.6 Å². The fourth-order valence-electron chi connectivity index (χ4n) is 3.32. The van der Waals surface area contributed by atoms with Crippen molar-refractivity contribution in [3.8, 4) is 0 Å². The molecule has 0 saturated heterocycles. The predicted octanol–water partition coefficient (Wildman–Crippen LogP) is 2.82. The summed E-state index contributed by atoms with van der Waals surface area (Å²) in [5.41, 5.74) is 7.39. The van der Waals surface area contributed by atoms with Crippen molar-refractivity contribution in [2.24, 2.45) is 5.73 Å². The summed E-state index contributed by atoms with van der Waals surface area (Å²) in [7, 11) is 0. The Kier molecular flexibility index (Phi) is 5.54. The lowest BCUT2D eigenvalue weighted by Crippen LogP contribution is -2.44. The normalized spacial score (nSPS) is 20.6. The molecule has 0 amide bonds. The summed E-state index contributed by atoms with van der Waals surface area (Å²) in [5, 5.41) is 8.22. The van der Waals surface area contributed by atoms with E-state index in [0.29, 0.717) is 6.61 Å². The zero-order valence-electron chi connectivity index (χ0n) is 12.8. The van der Waals surface area contributed by atoms with Crippen LogP contribution < -0.4 is 5.73 Å². The van der Waals surface area contributed by atoms with Crippen LogP contribution >= 0.6 is 0 Å². The first-order valence-electron chi connectivity index (χ1n) is 8.01. The number of hydrogen-bond acceptors (Lipinski definition) is 4. The molecule has 5 nitrogen and oxygen atoms in total. The van der Waals surface area contributed by atoms with E-state index in [4.69, 9.17) is 10.5 Å². The Morgan fingerprint density at radius 1 is 1.30 bits per heavy atom. The maximum Gasteiger partial charge on any atom is 0.0889 e. The van der Waals surface area contributed by atoms with Crippen LogP contribution in [0.2, 0.25) is 0 Å². The van der Waals surface area contributed by atoms with Gasteiger partial charge in [0.25, 0.3) is 0 Å². The average molecular weight is 280 g/mol. The number of hydrogen-bond donors (Lipinski definition) is 1. The van der Waals surface area contributed by atoms with Crippen LogP contribution in [0.25, 0.3) is 0 Å². The van der Waals surface area contributed by atoms with E-state index in [1.54, 1.807) is 0 Å². The van der Waals surface area contributed by atoms with Gasteiger partial charge in [-0.1, -0.05) is 37.8 Å². The quantitative estimate of drug-likeness (QED) is 0.814. The van der Waals surface area contributed by atoms with Crippen molar-refractivity contribution in [3.05, 3.63) is 11.9 Å². The minimum atomic E-state index is -0.238. The third kappa shape index (κ3) is 3.20. The van der Waals surface area contributed by atoms with E-state index in [9.17, 15) is 0 Å². The number of rotatable bonds is 6. The highest BCUT2D eigenvalue weighted by Gasteiger charge is 2.40. The molecular formula is C15H28N4O. The molecule has 1 unspecified atom stereocenters. The van der Waals surface area contributed by atoms with E-state index < -0.39 is 0 Å². The van der Waals surface area contributed by atoms with E-state index in [1.807, 2.05) is 10.9 Å². The first-order valence-corrected chi connectivity index (χ1v) is 8.01. The second kappa shape index (κ2) is 7.18. The van der Waals surface area contributed by atoms with Gasteiger partial charge in [-0.25, -0.2) is 4.68 Å². The van der Waals surface area contributed by atoms with Crippen molar-refractivity contribution in [3.63, 3.8) is 0 Å². The van der Waals surface area contributed by atoms with Crippen LogP contribution in [0.15, 0.2) is 6.20 Å². The SMILES string of the molecule is CCCn1nncc1C(N)C1(OCC)CCCCCC1. The summed E-state index contributed by atoms with van der Waals surface area (Å²) in [4.78, 5) is 0. The summed E-state index contributed by atoms with van der Waals surface area (Å²) in [6.45, 7) is 5.77. The summed E-state index contributed by atoms with van der Waals surface area (Å²) in [6.07, 6.45) is 9.89. The second-order valence-corrected chi connectivity index (χ2v) is 5.77. The smallest absolute Gasteiger partial charge is 0.0889 e. The van der Waals surface area contributed by atoms with Gasteiger partial charge in [-0.05, 0) is 26.2 Å². The highest BCUT2D eigenvalue weighted by atomic mass is 16.5. The molecular weight excluding hydrogens is 252 g/mol. The van der Waals surface area contributed by atoms with Crippen LogP contribution in [0.1, 0.15) is 70.5 Å². The molecule has 20 heavy (non-hydrogen) atoms. The molecule has 1 aliphatic carbocycles. The Labute approximate surface area is 121 Å². The number of aryl methyl sites for hydroxylation is 1. The molecule has 0 bridgehead atoms. The molecule has 1 atom stereocenters. The average Bonchev–Trinajstić information content (AvgIpc) is 2.77. The Morgan fingerprint density at radius 2 is 2.00 bits per heavy atom. The van der Waals surface area contributed by atoms with E-state index in [1.165, 1.54) is 25.7 Å². The van der Waals surface area contributed by atoms with Crippen molar-refractivity contribution < 1.29 is 4.74 Å². The zero-order chi connectivity index (χ0) is 14.4. The van der Waals surface area contributed by atoms with Crippen molar-refractivity contribution in [1.29, 1.82) is 0 Å². The molecule has 0 aromatic carbocycles. The minimum Gasteiger partial charge on any atom is -0.373 e. The molecule has 1 aromatic heterocycles. The third-order valence-corrected chi connectivity index (χ3v) is 4.35. The van der Waals surface area contributed by atoms with Gasteiger partial charge in [-0.2, -0.15) is 0 Å². The number of nitrogens with two attached hydrogens (primary N) is 1. The Balaban J connectivity index is 2.24. The Bertz CT molecular complexity index is 396. The number of ether oxygens (including phenoxy) is 1. The Hall–Kier alpha value is -0.940. The second-order valence-electron chi connectivity index (χ2n) is 5.77. The lowest BCUT2D eigenvalue weighted by molar-refractivity contribution is -0.0712. The molecule has 1 fully saturated rings. The molecule has 114 valence electrons. The molecule has 0 aliphatic heterocycles. The topological polar surface area (TPSA) is 66.0 Å². The molecule has 1 heterocycles. The molecule has 0 spiro atoms. The van der Waals surface area contributed by atoms with Crippen LogP contribution in [0.5, 0.6) is 0 Å². The summed E-state index contributed by atoms with van der Waals surface area (Å²) >= 11 is 0. The predicted molar refractivity (Wildman–Crippen MR) is 79.3 cm³/mol. The van der Waals surface area contributed by atoms with Crippen molar-refractivity contribution >= 4 is 0 Å². The maximum atomic E-state index is 6.61. The summed E-state index contributed by atoms with van der Waals surface area (Å²) in [6, 6.07) is -0.137. The summed E-state index contributed by atoms with van der Waals surface area (Å²) in [5.74, 6) is 0. The maximum absolute atomic E-state index is 6.61. The van der Waals surface area contributed by atoms with Gasteiger partial charge in [-0.3, -0.25) is 0 Å². The molecule has 1 aromatic rings. The van der Waals surface area contributed by atoms with Crippen LogP contribution in [-0.2, 0) is 11.3 Å². The van der Waals surface area contributed by atoms with Gasteiger partial charge in [0, 0.05) is 13.2 Å². The third-order valence-electron chi connectivity index (χ3n) is 4.35. The number of aromatic nitrogens is 3. The monoisotopic (exact) mass is 280 g/mol. The molecule has 1 saturated carbocycles. The van der Waals surface area contributed by atoms with Crippen molar-refractivity contribution in [2.45, 2.75) is 77.0 Å². The van der Waals surface area contributed by atoms with Gasteiger partial charge in [-0.15, -0.1) is 5.10 Å². The van der Waals surface area contributed by atoms with E-state index in [0.717, 1.165) is 31.5 Å². The van der Waals surface area contributed by atoms with Gasteiger partial charge in [0.1, 0.15) is 0 Å². The minimum absolute atomic E-state index is 0.137. The fourth-order valence-corrected chi connectivity index (χ4v) is 3.32. The lowest BCUT2D eigenvalue weighted by Gasteiger charge is -2.38. The highest BCUT2D eigenvalue weighted by Crippen LogP contribution is 2.39. The zero-order valence-corrected chi connectivity index (χ0v) is 12.8. The first kappa shape index (κ1) is 15.4. The first-order chi connectivity index (χ1) is 9.73. The lowest BCUT2D eigenvalue weighted by atomic mass is 9.84.